The van der Waals surface area contributed by atoms with Crippen molar-refractivity contribution in [3.05, 3.63) is 69.5 Å². The summed E-state index contributed by atoms with van der Waals surface area (Å²) < 4.78 is 27.3. The fourth-order valence-corrected chi connectivity index (χ4v) is 2.55. The van der Waals surface area contributed by atoms with Gasteiger partial charge < -0.3 is 10.3 Å². The zero-order valence-corrected chi connectivity index (χ0v) is 14.1. The molecule has 1 aromatic carbocycles. The molecule has 0 saturated carbocycles. The highest BCUT2D eigenvalue weighted by Crippen LogP contribution is 2.18. The second kappa shape index (κ2) is 7.29. The Hall–Kier alpha value is -3.67. The van der Waals surface area contributed by atoms with E-state index in [0.29, 0.717) is 5.69 Å². The predicted octanol–water partition coefficient (Wildman–Crippen LogP) is 2.38. The van der Waals surface area contributed by atoms with Crippen LogP contribution in [-0.2, 0) is 11.2 Å². The van der Waals surface area contributed by atoms with Crippen LogP contribution in [0.5, 0.6) is 0 Å². The van der Waals surface area contributed by atoms with E-state index in [0.717, 1.165) is 6.07 Å². The fraction of sp³-hybridized carbons (Fsp3) is 0.167. The molecule has 0 aliphatic carbocycles. The number of aromatic nitrogens is 3. The first kappa shape index (κ1) is 18.1. The number of halogens is 2. The van der Waals surface area contributed by atoms with Crippen molar-refractivity contribution in [3.63, 3.8) is 0 Å². The minimum absolute atomic E-state index is 0. The van der Waals surface area contributed by atoms with Crippen LogP contribution in [0.15, 0.2) is 35.4 Å². The van der Waals surface area contributed by atoms with Gasteiger partial charge in [0.1, 0.15) is 6.07 Å². The Morgan fingerprint density at radius 3 is 2.81 bits per heavy atom. The molecule has 1 atom stereocenters. The van der Waals surface area contributed by atoms with Gasteiger partial charge in [0.05, 0.1) is 36.1 Å². The maximum Gasteiger partial charge on any atom is 0.252 e. The predicted molar refractivity (Wildman–Crippen MR) is 95.7 cm³/mol. The van der Waals surface area contributed by atoms with E-state index in [2.05, 4.69) is 20.3 Å². The molecule has 3 rings (SSSR count). The third-order valence-corrected chi connectivity index (χ3v) is 3.95. The van der Waals surface area contributed by atoms with Crippen molar-refractivity contribution in [2.75, 3.05) is 0 Å². The highest BCUT2D eigenvalue weighted by Gasteiger charge is 2.16. The summed E-state index contributed by atoms with van der Waals surface area (Å²) in [6.45, 7) is 1.66. The number of pyridine rings is 1. The summed E-state index contributed by atoms with van der Waals surface area (Å²) in [4.78, 5) is 34.6. The Morgan fingerprint density at radius 2 is 2.15 bits per heavy atom. The van der Waals surface area contributed by atoms with Crippen molar-refractivity contribution in [1.29, 1.82) is 5.26 Å². The molecule has 7 nitrogen and oxygen atoms in total. The van der Waals surface area contributed by atoms with Crippen molar-refractivity contribution >= 4 is 16.8 Å². The number of amides is 1. The van der Waals surface area contributed by atoms with Gasteiger partial charge in [-0.05, 0) is 25.1 Å². The lowest BCUT2D eigenvalue weighted by Gasteiger charge is -2.13. The number of nitrogens with zero attached hydrogens (tertiary/aromatic N) is 3. The van der Waals surface area contributed by atoms with Gasteiger partial charge in [-0.15, -0.1) is 0 Å². The van der Waals surface area contributed by atoms with Crippen LogP contribution in [0.25, 0.3) is 10.9 Å². The Labute approximate surface area is 154 Å². The van der Waals surface area contributed by atoms with Crippen LogP contribution in [0.3, 0.4) is 0 Å². The standard InChI is InChI=1S/C18H13F2N5O2.2H2/c1-9(15-8-22-11(6-21)7-23-15)24-16(26)5-10-4-12-14(25-18(10)27)3-2-13(19)17(12)20;;/h2-4,7-9H,5H2,1H3,(H,24,26)(H,25,27);2*1H/t9-;;/m0../s1. The molecule has 0 bridgehead atoms. The number of benzene rings is 1. The number of aromatic amines is 1. The van der Waals surface area contributed by atoms with E-state index in [9.17, 15) is 18.4 Å². The number of H-pyrrole nitrogens is 1. The van der Waals surface area contributed by atoms with Gasteiger partial charge in [0.2, 0.25) is 5.91 Å². The second-order valence-corrected chi connectivity index (χ2v) is 5.85. The van der Waals surface area contributed by atoms with Crippen molar-refractivity contribution < 1.29 is 16.4 Å². The van der Waals surface area contributed by atoms with Gasteiger partial charge in [-0.25, -0.2) is 13.8 Å². The molecule has 0 unspecified atom stereocenters. The Kier molecular flexibility index (Phi) is 4.90. The van der Waals surface area contributed by atoms with Crippen LogP contribution < -0.4 is 10.9 Å². The maximum atomic E-state index is 13.9. The summed E-state index contributed by atoms with van der Waals surface area (Å²) in [5.74, 6) is -2.64. The molecule has 1 amide bonds. The summed E-state index contributed by atoms with van der Waals surface area (Å²) in [5, 5.41) is 11.2. The summed E-state index contributed by atoms with van der Waals surface area (Å²) in [7, 11) is 0. The maximum absolute atomic E-state index is 13.9. The number of nitrogens with one attached hydrogen (secondary N) is 2. The van der Waals surface area contributed by atoms with E-state index in [-0.39, 0.29) is 31.4 Å². The number of hydrogen-bond donors (Lipinski definition) is 2. The highest BCUT2D eigenvalue weighted by atomic mass is 19.2. The Morgan fingerprint density at radius 1 is 1.37 bits per heavy atom. The molecule has 9 heteroatoms. The van der Waals surface area contributed by atoms with E-state index < -0.39 is 29.1 Å². The molecule has 2 heterocycles. The number of nitriles is 1. The normalized spacial score (nSPS) is 11.8. The number of carbonyl (C=O) groups excluding carboxylic acids is 1. The first-order valence-corrected chi connectivity index (χ1v) is 7.90. The zero-order valence-electron chi connectivity index (χ0n) is 14.1. The number of carbonyl (C=O) groups is 1. The van der Waals surface area contributed by atoms with E-state index in [1.807, 2.05) is 6.07 Å². The average Bonchev–Trinajstić information content (AvgIpc) is 2.66. The molecule has 0 spiro atoms. The summed E-state index contributed by atoms with van der Waals surface area (Å²) in [5.41, 5.74) is 0.165. The van der Waals surface area contributed by atoms with E-state index in [1.54, 1.807) is 6.92 Å². The molecule has 0 fully saturated rings. The van der Waals surface area contributed by atoms with Crippen LogP contribution in [0.1, 0.15) is 32.8 Å². The van der Waals surface area contributed by atoms with Crippen LogP contribution in [0.2, 0.25) is 0 Å². The molecule has 0 saturated heterocycles. The van der Waals surface area contributed by atoms with E-state index in [4.69, 9.17) is 5.26 Å². The molecule has 140 valence electrons. The highest BCUT2D eigenvalue weighted by molar-refractivity contribution is 5.83. The quantitative estimate of drug-likeness (QED) is 0.729. The number of hydrogen-bond acceptors (Lipinski definition) is 5. The van der Waals surface area contributed by atoms with Gasteiger partial charge >= 0.3 is 0 Å². The number of rotatable bonds is 4. The topological polar surface area (TPSA) is 112 Å². The fourth-order valence-electron chi connectivity index (χ4n) is 2.55. The molecular formula is C18H17F2N5O2. The molecule has 0 aliphatic heterocycles. The van der Waals surface area contributed by atoms with Crippen molar-refractivity contribution in [2.45, 2.75) is 19.4 Å². The third kappa shape index (κ3) is 3.79. The average molecular weight is 373 g/mol. The smallest absolute Gasteiger partial charge is 0.252 e. The molecule has 2 aromatic heterocycles. The number of fused-ring (bicyclic) bond motifs is 1. The van der Waals surface area contributed by atoms with Crippen molar-refractivity contribution in [2.24, 2.45) is 0 Å². The lowest BCUT2D eigenvalue weighted by atomic mass is 10.1. The van der Waals surface area contributed by atoms with Crippen LogP contribution >= 0.6 is 0 Å². The van der Waals surface area contributed by atoms with Gasteiger partial charge in [-0.1, -0.05) is 0 Å². The first-order chi connectivity index (χ1) is 12.9. The van der Waals surface area contributed by atoms with Crippen LogP contribution in [0.4, 0.5) is 8.78 Å². The van der Waals surface area contributed by atoms with Gasteiger partial charge in [0.25, 0.3) is 5.56 Å². The molecule has 27 heavy (non-hydrogen) atoms. The van der Waals surface area contributed by atoms with Crippen molar-refractivity contribution in [1.82, 2.24) is 20.3 Å². The van der Waals surface area contributed by atoms with Crippen LogP contribution in [0, 0.1) is 23.0 Å². The van der Waals surface area contributed by atoms with Crippen LogP contribution in [-0.4, -0.2) is 20.9 Å². The van der Waals surface area contributed by atoms with E-state index >= 15 is 0 Å². The molecule has 0 aliphatic rings. The third-order valence-electron chi connectivity index (χ3n) is 3.95. The monoisotopic (exact) mass is 373 g/mol. The lowest BCUT2D eigenvalue weighted by molar-refractivity contribution is -0.121. The molecular weight excluding hydrogens is 356 g/mol. The first-order valence-electron chi connectivity index (χ1n) is 7.90. The van der Waals surface area contributed by atoms with Gasteiger partial charge in [0, 0.05) is 13.8 Å². The Bertz CT molecular complexity index is 1130. The SMILES string of the molecule is C[C@H](NC(=O)Cc1cc2c(F)c(F)ccc2[nH]c1=O)c1cnc(C#N)cn1.[HH].[HH]. The van der Waals surface area contributed by atoms with Crippen molar-refractivity contribution in [3.8, 4) is 6.07 Å². The lowest BCUT2D eigenvalue weighted by Crippen LogP contribution is -2.30. The molecule has 0 radical (unpaired) electrons. The summed E-state index contributed by atoms with van der Waals surface area (Å²) in [6.07, 6.45) is 2.32. The van der Waals surface area contributed by atoms with Gasteiger partial charge in [-0.3, -0.25) is 14.6 Å². The van der Waals surface area contributed by atoms with Gasteiger partial charge in [-0.2, -0.15) is 5.26 Å². The zero-order chi connectivity index (χ0) is 19.6. The van der Waals surface area contributed by atoms with Gasteiger partial charge in [0.15, 0.2) is 17.3 Å². The summed E-state index contributed by atoms with van der Waals surface area (Å²) >= 11 is 0. The Balaban J connectivity index is 0.00000210. The van der Waals surface area contributed by atoms with E-state index in [1.165, 1.54) is 24.5 Å². The minimum Gasteiger partial charge on any atom is -0.348 e. The largest absolute Gasteiger partial charge is 0.348 e. The molecule has 2 N–H and O–H groups in total. The molecule has 3 aromatic rings. The minimum atomic E-state index is -1.09. The summed E-state index contributed by atoms with van der Waals surface area (Å²) in [6, 6.07) is 4.65. The second-order valence-electron chi connectivity index (χ2n) is 5.85.